The highest BCUT2D eigenvalue weighted by Gasteiger charge is 2.26. The molecule has 0 aromatic heterocycles. The van der Waals surface area contributed by atoms with Crippen LogP contribution in [0.5, 0.6) is 0 Å². The van der Waals surface area contributed by atoms with Gasteiger partial charge in [-0.25, -0.2) is 9.59 Å². The van der Waals surface area contributed by atoms with E-state index in [0.29, 0.717) is 65.0 Å². The zero-order chi connectivity index (χ0) is 45.0. The summed E-state index contributed by atoms with van der Waals surface area (Å²) < 4.78 is 11.4. The molecule has 1 N–H and O–H groups in total. The van der Waals surface area contributed by atoms with Gasteiger partial charge >= 0.3 is 12.2 Å². The number of aliphatic hydroxyl groups is 1. The lowest BCUT2D eigenvalue weighted by molar-refractivity contribution is -0.135. The maximum atomic E-state index is 13.9. The fourth-order valence-electron chi connectivity index (χ4n) is 6.89. The van der Waals surface area contributed by atoms with Gasteiger partial charge in [0.15, 0.2) is 0 Å². The van der Waals surface area contributed by atoms with E-state index in [2.05, 4.69) is 0 Å². The van der Waals surface area contributed by atoms with Gasteiger partial charge in [0.2, 0.25) is 11.8 Å². The minimum atomic E-state index is -1.02. The molecule has 0 heterocycles. The largest absolute Gasteiger partial charge is 0.444 e. The molecule has 0 unspecified atom stereocenters. The van der Waals surface area contributed by atoms with E-state index >= 15 is 0 Å². The van der Waals surface area contributed by atoms with Crippen molar-refractivity contribution in [2.24, 2.45) is 0 Å². The van der Waals surface area contributed by atoms with Crippen molar-refractivity contribution in [1.29, 1.82) is 0 Å². The highest BCUT2D eigenvalue weighted by Crippen LogP contribution is 2.18. The van der Waals surface area contributed by atoms with Crippen molar-refractivity contribution in [3.63, 3.8) is 0 Å². The van der Waals surface area contributed by atoms with Crippen LogP contribution < -0.4 is 0 Å². The predicted octanol–water partition coefficient (Wildman–Crippen LogP) is 9.62. The smallest absolute Gasteiger partial charge is 0.410 e. The molecule has 11 nitrogen and oxygen atoms in total. The highest BCUT2D eigenvalue weighted by molar-refractivity contribution is 5.77. The zero-order valence-electron chi connectivity index (χ0n) is 37.7. The number of ether oxygens (including phenoxy) is 2. The van der Waals surface area contributed by atoms with Gasteiger partial charge in [0.25, 0.3) is 0 Å². The van der Waals surface area contributed by atoms with E-state index in [1.807, 2.05) is 163 Å². The molecule has 4 rings (SSSR count). The van der Waals surface area contributed by atoms with Crippen molar-refractivity contribution >= 4 is 24.0 Å². The van der Waals surface area contributed by atoms with Crippen LogP contribution in [0.2, 0.25) is 0 Å². The zero-order valence-corrected chi connectivity index (χ0v) is 37.7. The first-order chi connectivity index (χ1) is 29.5. The number of carbonyl (C=O) groups excluding carboxylic acids is 4. The Balaban J connectivity index is 1.39. The van der Waals surface area contributed by atoms with Crippen LogP contribution in [0.3, 0.4) is 0 Å². The first-order valence-corrected chi connectivity index (χ1v) is 21.9. The van der Waals surface area contributed by atoms with Gasteiger partial charge in [0.05, 0.1) is 6.10 Å². The number of benzene rings is 4. The maximum Gasteiger partial charge on any atom is 0.410 e. The molecule has 0 aliphatic carbocycles. The van der Waals surface area contributed by atoms with Crippen LogP contribution >= 0.6 is 0 Å². The summed E-state index contributed by atoms with van der Waals surface area (Å²) in [6, 6.07) is 38.8. The van der Waals surface area contributed by atoms with Crippen LogP contribution in [0.15, 0.2) is 121 Å². The van der Waals surface area contributed by atoms with Crippen LogP contribution in [0.1, 0.15) is 102 Å². The molecule has 62 heavy (non-hydrogen) atoms. The van der Waals surface area contributed by atoms with Gasteiger partial charge in [-0.15, -0.1) is 0 Å². The van der Waals surface area contributed by atoms with Crippen molar-refractivity contribution < 1.29 is 33.8 Å². The molecule has 4 aromatic rings. The van der Waals surface area contributed by atoms with Crippen molar-refractivity contribution in [2.45, 2.75) is 124 Å². The summed E-state index contributed by atoms with van der Waals surface area (Å²) in [5.74, 6) is -0.239. The minimum Gasteiger partial charge on any atom is -0.444 e. The molecule has 0 bridgehead atoms. The second-order valence-electron chi connectivity index (χ2n) is 17.9. The molecule has 11 heteroatoms. The number of amides is 4. The molecular weight excluding hydrogens is 781 g/mol. The number of hydrogen-bond donors (Lipinski definition) is 1. The SMILES string of the molecule is CC(C)(C)OC(=O)N(CCCCC(=O)N(Cc1ccccc1)CC(O)CN(Cc1ccccc1)C(=O)CCCCN(Cc1ccccc1)C(=O)OC(C)(C)C)Cc1ccccc1. The molecule has 4 amide bonds. The van der Waals surface area contributed by atoms with E-state index in [4.69, 9.17) is 9.47 Å². The average molecular weight is 849 g/mol. The van der Waals surface area contributed by atoms with E-state index in [0.717, 1.165) is 22.3 Å². The van der Waals surface area contributed by atoms with Gasteiger partial charge in [-0.2, -0.15) is 0 Å². The van der Waals surface area contributed by atoms with E-state index in [9.17, 15) is 24.3 Å². The van der Waals surface area contributed by atoms with Crippen molar-refractivity contribution in [1.82, 2.24) is 19.6 Å². The molecule has 0 radical (unpaired) electrons. The normalized spacial score (nSPS) is 11.5. The molecule has 0 saturated carbocycles. The Morgan fingerprint density at radius 2 is 0.726 bits per heavy atom. The third-order valence-electron chi connectivity index (χ3n) is 9.87. The van der Waals surface area contributed by atoms with Crippen molar-refractivity contribution in [3.05, 3.63) is 144 Å². The summed E-state index contributed by atoms with van der Waals surface area (Å²) in [6.07, 6.45) is 0.865. The monoisotopic (exact) mass is 849 g/mol. The van der Waals surface area contributed by atoms with Gasteiger partial charge < -0.3 is 34.2 Å². The Hall–Kier alpha value is -5.68. The molecule has 0 spiro atoms. The lowest BCUT2D eigenvalue weighted by atomic mass is 10.1. The number of nitrogens with zero attached hydrogens (tertiary/aromatic N) is 4. The minimum absolute atomic E-state index is 0.0364. The predicted molar refractivity (Wildman–Crippen MR) is 244 cm³/mol. The molecule has 0 aliphatic heterocycles. The van der Waals surface area contributed by atoms with Crippen LogP contribution in [-0.2, 0) is 45.2 Å². The number of aliphatic hydroxyl groups excluding tert-OH is 1. The van der Waals surface area contributed by atoms with Crippen LogP contribution in [-0.4, -0.2) is 92.2 Å². The summed E-state index contributed by atoms with van der Waals surface area (Å²) in [4.78, 5) is 60.8. The Bertz CT molecular complexity index is 1790. The standard InChI is InChI=1S/C51H68N4O7/c1-50(2,3)61-48(59)52(35-41-23-11-7-12-24-41)33-21-19-31-46(57)54(37-43-27-15-9-16-28-43)39-45(56)40-55(38-44-29-17-10-18-30-44)47(58)32-20-22-34-53(49(60)62-51(4,5)6)36-42-25-13-8-14-26-42/h7-18,23-30,45,56H,19-22,31-40H2,1-6H3. The Morgan fingerprint density at radius 1 is 0.452 bits per heavy atom. The molecular formula is C51H68N4O7. The molecule has 0 saturated heterocycles. The summed E-state index contributed by atoms with van der Waals surface area (Å²) in [5.41, 5.74) is 2.54. The third kappa shape index (κ3) is 18.9. The third-order valence-corrected chi connectivity index (χ3v) is 9.87. The van der Waals surface area contributed by atoms with Crippen molar-refractivity contribution in [3.8, 4) is 0 Å². The lowest BCUT2D eigenvalue weighted by Gasteiger charge is -2.30. The molecule has 0 aliphatic rings. The van der Waals surface area contributed by atoms with E-state index < -0.39 is 29.5 Å². The summed E-state index contributed by atoms with van der Waals surface area (Å²) in [6.45, 7) is 13.4. The van der Waals surface area contributed by atoms with E-state index in [1.54, 1.807) is 19.6 Å². The summed E-state index contributed by atoms with van der Waals surface area (Å²) in [5, 5.41) is 11.6. The van der Waals surface area contributed by atoms with E-state index in [1.165, 1.54) is 0 Å². The molecule has 334 valence electrons. The van der Waals surface area contributed by atoms with Crippen LogP contribution in [0.25, 0.3) is 0 Å². The Morgan fingerprint density at radius 3 is 1.00 bits per heavy atom. The fraction of sp³-hybridized carbons (Fsp3) is 0.451. The van der Waals surface area contributed by atoms with Crippen LogP contribution in [0.4, 0.5) is 9.59 Å². The molecule has 0 atom stereocenters. The summed E-state index contributed by atoms with van der Waals surface area (Å²) >= 11 is 0. The lowest BCUT2D eigenvalue weighted by Crippen LogP contribution is -2.44. The van der Waals surface area contributed by atoms with E-state index in [-0.39, 0.29) is 37.7 Å². The first kappa shape index (κ1) is 49.0. The molecule has 4 aromatic carbocycles. The van der Waals surface area contributed by atoms with Gasteiger partial charge in [0, 0.05) is 65.2 Å². The van der Waals surface area contributed by atoms with Gasteiger partial charge in [-0.05, 0) is 89.5 Å². The Labute approximate surface area is 369 Å². The topological polar surface area (TPSA) is 120 Å². The number of carbonyl (C=O) groups is 4. The molecule has 0 fully saturated rings. The van der Waals surface area contributed by atoms with Gasteiger partial charge in [-0.1, -0.05) is 121 Å². The van der Waals surface area contributed by atoms with Crippen LogP contribution in [0, 0.1) is 0 Å². The second-order valence-corrected chi connectivity index (χ2v) is 17.9. The number of rotatable bonds is 22. The quantitative estimate of drug-likeness (QED) is 0.0783. The number of unbranched alkanes of at least 4 members (excludes halogenated alkanes) is 2. The average Bonchev–Trinajstić information content (AvgIpc) is 3.22. The van der Waals surface area contributed by atoms with Gasteiger partial charge in [0.1, 0.15) is 11.2 Å². The van der Waals surface area contributed by atoms with Gasteiger partial charge in [-0.3, -0.25) is 9.59 Å². The highest BCUT2D eigenvalue weighted by atomic mass is 16.6. The first-order valence-electron chi connectivity index (χ1n) is 21.9. The fourth-order valence-corrected chi connectivity index (χ4v) is 6.89. The summed E-state index contributed by atoms with van der Waals surface area (Å²) in [7, 11) is 0. The second kappa shape index (κ2) is 24.7. The Kier molecular flexibility index (Phi) is 19.5. The maximum absolute atomic E-state index is 13.9. The number of hydrogen-bond acceptors (Lipinski definition) is 7. The van der Waals surface area contributed by atoms with Crippen molar-refractivity contribution in [2.75, 3.05) is 26.2 Å².